The number of amides is 2. The molecule has 0 spiro atoms. The lowest BCUT2D eigenvalue weighted by Crippen LogP contribution is -2.25. The van der Waals surface area contributed by atoms with Crippen LogP contribution in [0.3, 0.4) is 0 Å². The Hall–Kier alpha value is -3.29. The largest absolute Gasteiger partial charge is 0.478 e. The summed E-state index contributed by atoms with van der Waals surface area (Å²) in [5.41, 5.74) is 2.80. The Morgan fingerprint density at radius 2 is 2.04 bits per heavy atom. The van der Waals surface area contributed by atoms with Crippen LogP contribution in [0.1, 0.15) is 23.0 Å². The number of aromatic nitrogens is 1. The molecule has 2 aromatic rings. The average Bonchev–Trinajstić information content (AvgIpc) is 2.52. The van der Waals surface area contributed by atoms with Crippen molar-refractivity contribution < 1.29 is 19.1 Å². The van der Waals surface area contributed by atoms with Crippen LogP contribution in [-0.2, 0) is 0 Å². The number of hydrogen-bond acceptors (Lipinski definition) is 4. The molecule has 0 saturated carbocycles. The van der Waals surface area contributed by atoms with Crippen molar-refractivity contribution in [2.45, 2.75) is 6.92 Å². The van der Waals surface area contributed by atoms with Crippen molar-refractivity contribution in [2.24, 2.45) is 5.10 Å². The van der Waals surface area contributed by atoms with Crippen LogP contribution in [0.5, 0.6) is 0 Å². The van der Waals surface area contributed by atoms with E-state index in [0.717, 1.165) is 6.07 Å². The Morgan fingerprint density at radius 3 is 2.74 bits per heavy atom. The molecular weight excluding hydrogens is 303 g/mol. The Morgan fingerprint density at radius 1 is 1.26 bits per heavy atom. The summed E-state index contributed by atoms with van der Waals surface area (Å²) >= 11 is 0. The van der Waals surface area contributed by atoms with Crippen LogP contribution >= 0.6 is 0 Å². The van der Waals surface area contributed by atoms with Gasteiger partial charge in [0.25, 0.3) is 0 Å². The second-order valence-corrected chi connectivity index (χ2v) is 4.48. The first-order chi connectivity index (χ1) is 11.0. The maximum atomic E-state index is 13.0. The molecule has 2 rings (SSSR count). The molecular formula is C15H13FN4O3. The van der Waals surface area contributed by atoms with Gasteiger partial charge in [0.15, 0.2) is 0 Å². The molecule has 1 aromatic carbocycles. The number of carbonyl (C=O) groups excluding carboxylic acids is 1. The summed E-state index contributed by atoms with van der Waals surface area (Å²) in [6, 6.07) is 7.55. The number of hydrogen-bond donors (Lipinski definition) is 3. The SMILES string of the molecule is C/C(=N\NC(=O)Nc1cccc(F)c1)c1ncccc1C(=O)O. The second-order valence-electron chi connectivity index (χ2n) is 4.48. The highest BCUT2D eigenvalue weighted by Crippen LogP contribution is 2.09. The standard InChI is InChI=1S/C15H13FN4O3/c1-9(13-12(14(21)22)6-3-7-17-13)19-20-15(23)18-11-5-2-4-10(16)8-11/h2-8H,1H3,(H,21,22)(H2,18,20,23)/b19-9+. The predicted molar refractivity (Wildman–Crippen MR) is 82.0 cm³/mol. The van der Waals surface area contributed by atoms with E-state index in [4.69, 9.17) is 5.11 Å². The highest BCUT2D eigenvalue weighted by molar-refractivity contribution is 6.06. The zero-order chi connectivity index (χ0) is 16.8. The van der Waals surface area contributed by atoms with Gasteiger partial charge < -0.3 is 10.4 Å². The zero-order valence-corrected chi connectivity index (χ0v) is 12.1. The van der Waals surface area contributed by atoms with E-state index < -0.39 is 17.8 Å². The summed E-state index contributed by atoms with van der Waals surface area (Å²) in [6.45, 7) is 1.51. The number of carbonyl (C=O) groups is 2. The lowest BCUT2D eigenvalue weighted by Gasteiger charge is -2.06. The molecule has 0 radical (unpaired) electrons. The minimum absolute atomic E-state index is 0.0268. The number of carboxylic acids is 1. The Labute approximate surface area is 130 Å². The highest BCUT2D eigenvalue weighted by atomic mass is 19.1. The first kappa shape index (κ1) is 16.1. The molecule has 3 N–H and O–H groups in total. The van der Waals surface area contributed by atoms with E-state index in [1.165, 1.54) is 43.5 Å². The molecule has 8 heteroatoms. The van der Waals surface area contributed by atoms with Crippen LogP contribution in [0.2, 0.25) is 0 Å². The molecule has 23 heavy (non-hydrogen) atoms. The van der Waals surface area contributed by atoms with Crippen LogP contribution in [0.15, 0.2) is 47.7 Å². The van der Waals surface area contributed by atoms with Crippen LogP contribution < -0.4 is 10.7 Å². The third kappa shape index (κ3) is 4.34. The number of urea groups is 1. The monoisotopic (exact) mass is 316 g/mol. The van der Waals surface area contributed by atoms with E-state index in [9.17, 15) is 14.0 Å². The molecule has 118 valence electrons. The fourth-order valence-corrected chi connectivity index (χ4v) is 1.78. The third-order valence-corrected chi connectivity index (χ3v) is 2.79. The topological polar surface area (TPSA) is 104 Å². The number of nitrogens with one attached hydrogen (secondary N) is 2. The third-order valence-electron chi connectivity index (χ3n) is 2.79. The van der Waals surface area contributed by atoms with Crippen molar-refractivity contribution in [3.05, 3.63) is 59.7 Å². The van der Waals surface area contributed by atoms with Gasteiger partial charge in [-0.05, 0) is 37.3 Å². The van der Waals surface area contributed by atoms with Gasteiger partial charge >= 0.3 is 12.0 Å². The lowest BCUT2D eigenvalue weighted by molar-refractivity contribution is 0.0696. The lowest BCUT2D eigenvalue weighted by atomic mass is 10.1. The average molecular weight is 316 g/mol. The molecule has 7 nitrogen and oxygen atoms in total. The van der Waals surface area contributed by atoms with Crippen molar-refractivity contribution >= 4 is 23.4 Å². The number of benzene rings is 1. The van der Waals surface area contributed by atoms with Crippen molar-refractivity contribution in [1.82, 2.24) is 10.4 Å². The molecule has 0 bridgehead atoms. The zero-order valence-electron chi connectivity index (χ0n) is 12.1. The van der Waals surface area contributed by atoms with Crippen molar-refractivity contribution in [3.8, 4) is 0 Å². The summed E-state index contributed by atoms with van der Waals surface area (Å²) in [6.07, 6.45) is 1.42. The maximum Gasteiger partial charge on any atom is 0.339 e. The summed E-state index contributed by atoms with van der Waals surface area (Å²) in [5, 5.41) is 15.3. The Bertz CT molecular complexity index is 777. The van der Waals surface area contributed by atoms with Gasteiger partial charge in [-0.25, -0.2) is 19.4 Å². The van der Waals surface area contributed by atoms with Gasteiger partial charge in [-0.2, -0.15) is 5.10 Å². The van der Waals surface area contributed by atoms with E-state index in [-0.39, 0.29) is 22.7 Å². The molecule has 2 amide bonds. The van der Waals surface area contributed by atoms with Crippen LogP contribution in [0.25, 0.3) is 0 Å². The van der Waals surface area contributed by atoms with Crippen molar-refractivity contribution in [2.75, 3.05) is 5.32 Å². The van der Waals surface area contributed by atoms with E-state index in [0.29, 0.717) is 0 Å². The number of rotatable bonds is 4. The van der Waals surface area contributed by atoms with E-state index in [1.54, 1.807) is 0 Å². The number of halogens is 1. The van der Waals surface area contributed by atoms with Gasteiger partial charge in [0.2, 0.25) is 0 Å². The fourth-order valence-electron chi connectivity index (χ4n) is 1.78. The summed E-state index contributed by atoms with van der Waals surface area (Å²) in [4.78, 5) is 26.7. The van der Waals surface area contributed by atoms with Gasteiger partial charge in [0.05, 0.1) is 11.3 Å². The Balaban J connectivity index is 2.08. The van der Waals surface area contributed by atoms with Gasteiger partial charge in [0, 0.05) is 11.9 Å². The molecule has 0 unspecified atom stereocenters. The van der Waals surface area contributed by atoms with Crippen molar-refractivity contribution in [1.29, 1.82) is 0 Å². The second kappa shape index (κ2) is 7.12. The number of anilines is 1. The van der Waals surface area contributed by atoms with E-state index in [2.05, 4.69) is 20.8 Å². The number of aromatic carboxylic acids is 1. The fraction of sp³-hybridized carbons (Fsp3) is 0.0667. The molecule has 1 heterocycles. The molecule has 1 aromatic heterocycles. The van der Waals surface area contributed by atoms with Gasteiger partial charge in [-0.1, -0.05) is 6.07 Å². The molecule has 0 aliphatic heterocycles. The number of pyridine rings is 1. The normalized spacial score (nSPS) is 11.0. The predicted octanol–water partition coefficient (Wildman–Crippen LogP) is 2.46. The quantitative estimate of drug-likeness (QED) is 0.595. The van der Waals surface area contributed by atoms with E-state index >= 15 is 0 Å². The summed E-state index contributed by atoms with van der Waals surface area (Å²) < 4.78 is 13.0. The molecule has 0 aliphatic rings. The van der Waals surface area contributed by atoms with Crippen LogP contribution in [0, 0.1) is 5.82 Å². The van der Waals surface area contributed by atoms with Crippen LogP contribution in [0.4, 0.5) is 14.9 Å². The van der Waals surface area contributed by atoms with E-state index in [1.807, 2.05) is 0 Å². The number of nitrogens with zero attached hydrogens (tertiary/aromatic N) is 2. The molecule has 0 saturated heterocycles. The summed E-state index contributed by atoms with van der Waals surface area (Å²) in [7, 11) is 0. The highest BCUT2D eigenvalue weighted by Gasteiger charge is 2.13. The minimum atomic E-state index is -1.15. The van der Waals surface area contributed by atoms with Gasteiger partial charge in [-0.15, -0.1) is 0 Å². The van der Waals surface area contributed by atoms with Gasteiger partial charge in [-0.3, -0.25) is 4.98 Å². The number of hydrazone groups is 1. The number of carboxylic acid groups (broad SMARTS) is 1. The first-order valence-electron chi connectivity index (χ1n) is 6.53. The summed E-state index contributed by atoms with van der Waals surface area (Å²) in [5.74, 6) is -1.63. The first-order valence-corrected chi connectivity index (χ1v) is 6.53. The van der Waals surface area contributed by atoms with Crippen molar-refractivity contribution in [3.63, 3.8) is 0 Å². The molecule has 0 aliphatic carbocycles. The Kier molecular flexibility index (Phi) is 4.98. The van der Waals surface area contributed by atoms with Gasteiger partial charge in [0.1, 0.15) is 11.5 Å². The maximum absolute atomic E-state index is 13.0. The van der Waals surface area contributed by atoms with Crippen LogP contribution in [-0.4, -0.2) is 27.8 Å². The molecule has 0 fully saturated rings. The smallest absolute Gasteiger partial charge is 0.339 e. The minimum Gasteiger partial charge on any atom is -0.478 e. The molecule has 0 atom stereocenters.